The lowest BCUT2D eigenvalue weighted by Crippen LogP contribution is -2.32. The van der Waals surface area contributed by atoms with Gasteiger partial charge in [0.2, 0.25) is 0 Å². The highest BCUT2D eigenvalue weighted by molar-refractivity contribution is 7.74. The van der Waals surface area contributed by atoms with Crippen molar-refractivity contribution >= 4 is 18.5 Å². The summed E-state index contributed by atoms with van der Waals surface area (Å²) in [5, 5.41) is 1.86. The molecule has 0 spiro atoms. The Bertz CT molecular complexity index is 1060. The van der Waals surface area contributed by atoms with Crippen LogP contribution in [0.5, 0.6) is 23.0 Å². The van der Waals surface area contributed by atoms with E-state index in [1.165, 1.54) is 0 Å². The summed E-state index contributed by atoms with van der Waals surface area (Å²) in [5.74, 6) is 3.14. The summed E-state index contributed by atoms with van der Waals surface area (Å²) in [6.45, 7) is 21.9. The van der Waals surface area contributed by atoms with Crippen LogP contribution in [0.15, 0.2) is 24.3 Å². The number of methoxy groups -OCH3 is 4. The molecule has 0 radical (unpaired) electrons. The second-order valence-electron chi connectivity index (χ2n) is 13.4. The number of hydrogen-bond acceptors (Lipinski definition) is 8. The van der Waals surface area contributed by atoms with Crippen molar-refractivity contribution in [1.29, 1.82) is 0 Å². The highest BCUT2D eigenvalue weighted by atomic mass is 31.1. The van der Waals surface area contributed by atoms with E-state index in [9.17, 15) is 0 Å². The zero-order chi connectivity index (χ0) is 32.4. The molecule has 0 atom stereocenters. The normalized spacial score (nSPS) is 12.5. The summed E-state index contributed by atoms with van der Waals surface area (Å²) in [5.41, 5.74) is 1.61. The van der Waals surface area contributed by atoms with Gasteiger partial charge in [0, 0.05) is 36.0 Å². The third kappa shape index (κ3) is 10.5. The lowest BCUT2D eigenvalue weighted by Gasteiger charge is -2.37. The summed E-state index contributed by atoms with van der Waals surface area (Å²) in [7, 11) is 5.59. The third-order valence-electron chi connectivity index (χ3n) is 6.76. The van der Waals surface area contributed by atoms with Crippen LogP contribution in [0.3, 0.4) is 0 Å². The molecule has 0 unspecified atom stereocenters. The second-order valence-corrected chi connectivity index (χ2v) is 16.4. The van der Waals surface area contributed by atoms with E-state index in [2.05, 4.69) is 86.6 Å². The predicted molar refractivity (Wildman–Crippen MR) is 176 cm³/mol. The van der Waals surface area contributed by atoms with Crippen molar-refractivity contribution in [2.75, 3.05) is 68.5 Å². The minimum Gasteiger partial charge on any atom is -0.497 e. The first-order valence-electron chi connectivity index (χ1n) is 14.7. The van der Waals surface area contributed by atoms with Crippen molar-refractivity contribution in [3.05, 3.63) is 35.4 Å². The first-order valence-corrected chi connectivity index (χ1v) is 16.1. The van der Waals surface area contributed by atoms with Gasteiger partial charge in [-0.25, -0.2) is 0 Å². The maximum Gasteiger partial charge on any atom is 0.189 e. The molecule has 0 bridgehead atoms. The summed E-state index contributed by atoms with van der Waals surface area (Å²) in [6.07, 6.45) is 0. The molecule has 43 heavy (non-hydrogen) atoms. The largest absolute Gasteiger partial charge is 0.497 e. The molecule has 0 aromatic heterocycles. The van der Waals surface area contributed by atoms with Crippen LogP contribution in [0.2, 0.25) is 0 Å². The topological polar surface area (TPSA) is 73.8 Å². The molecule has 0 aliphatic rings. The zero-order valence-electron chi connectivity index (χ0n) is 28.8. The monoisotopic (exact) mass is 622 g/mol. The Morgan fingerprint density at radius 1 is 0.535 bits per heavy atom. The molecule has 0 aliphatic heterocycles. The first kappa shape index (κ1) is 37.1. The molecular weight excluding hydrogens is 567 g/mol. The van der Waals surface area contributed by atoms with Crippen LogP contribution in [0, 0.1) is 0 Å². The van der Waals surface area contributed by atoms with Gasteiger partial charge in [0.25, 0.3) is 0 Å². The van der Waals surface area contributed by atoms with Crippen LogP contribution in [-0.4, -0.2) is 73.6 Å². The summed E-state index contributed by atoms with van der Waals surface area (Å²) in [4.78, 5) is 0. The minimum absolute atomic E-state index is 0.0983. The second kappa shape index (κ2) is 16.3. The highest BCUT2D eigenvalue weighted by Gasteiger charge is 2.37. The molecule has 9 heteroatoms. The molecule has 2 aromatic rings. The Hall–Kier alpha value is -2.09. The van der Waals surface area contributed by atoms with E-state index in [4.69, 9.17) is 37.9 Å². The fourth-order valence-electron chi connectivity index (χ4n) is 4.62. The molecule has 2 aromatic carbocycles. The van der Waals surface area contributed by atoms with Crippen molar-refractivity contribution in [3.63, 3.8) is 0 Å². The molecule has 0 heterocycles. The van der Waals surface area contributed by atoms with Crippen LogP contribution in [0.25, 0.3) is 0 Å². The fourth-order valence-corrected chi connectivity index (χ4v) is 7.61. The Morgan fingerprint density at radius 3 is 1.19 bits per heavy atom. The summed E-state index contributed by atoms with van der Waals surface area (Å²) < 4.78 is 46.7. The van der Waals surface area contributed by atoms with E-state index in [-0.39, 0.29) is 29.6 Å². The number of rotatable bonds is 16. The van der Waals surface area contributed by atoms with Crippen molar-refractivity contribution < 1.29 is 37.9 Å². The molecule has 0 saturated carbocycles. The lowest BCUT2D eigenvalue weighted by atomic mass is 9.86. The average Bonchev–Trinajstić information content (AvgIpc) is 2.91. The maximum absolute atomic E-state index is 6.53. The first-order chi connectivity index (χ1) is 20.1. The molecular formula is C34H55O8P. The van der Waals surface area contributed by atoms with Crippen molar-refractivity contribution in [2.24, 2.45) is 0 Å². The van der Waals surface area contributed by atoms with Gasteiger partial charge in [-0.05, 0) is 48.2 Å². The Balaban J connectivity index is 2.92. The van der Waals surface area contributed by atoms with E-state index < -0.39 is 7.92 Å². The molecule has 0 N–H and O–H groups in total. The van der Waals surface area contributed by atoms with Gasteiger partial charge < -0.3 is 37.9 Å². The molecule has 0 amide bonds. The third-order valence-corrected chi connectivity index (χ3v) is 9.73. The maximum atomic E-state index is 6.53. The molecule has 8 nitrogen and oxygen atoms in total. The van der Waals surface area contributed by atoms with E-state index in [1.54, 1.807) is 28.4 Å². The average molecular weight is 623 g/mol. The van der Waals surface area contributed by atoms with Gasteiger partial charge in [-0.3, -0.25) is 0 Å². The molecule has 2 rings (SSSR count). The van der Waals surface area contributed by atoms with Gasteiger partial charge in [-0.1, -0.05) is 62.3 Å². The van der Waals surface area contributed by atoms with Crippen LogP contribution >= 0.6 is 7.92 Å². The van der Waals surface area contributed by atoms with Gasteiger partial charge in [-0.2, -0.15) is 0 Å². The molecule has 0 fully saturated rings. The fraction of sp³-hybridized carbons (Fsp3) is 0.647. The van der Waals surface area contributed by atoms with Gasteiger partial charge >= 0.3 is 0 Å². The predicted octanol–water partition coefficient (Wildman–Crippen LogP) is 6.53. The molecule has 0 saturated heterocycles. The highest BCUT2D eigenvalue weighted by Crippen LogP contribution is 2.55. The van der Waals surface area contributed by atoms with Gasteiger partial charge in [0.1, 0.15) is 23.0 Å². The van der Waals surface area contributed by atoms with Crippen LogP contribution in [0.1, 0.15) is 73.4 Å². The molecule has 0 aliphatic carbocycles. The van der Waals surface area contributed by atoms with E-state index in [1.807, 2.05) is 0 Å². The number of hydrogen-bond donors (Lipinski definition) is 0. The quantitative estimate of drug-likeness (QED) is 0.119. The Morgan fingerprint density at radius 2 is 0.907 bits per heavy atom. The number of ether oxygens (including phenoxy) is 8. The Labute approximate surface area is 261 Å². The van der Waals surface area contributed by atoms with Gasteiger partial charge in [0.05, 0.1) is 40.6 Å². The van der Waals surface area contributed by atoms with Crippen LogP contribution in [0.4, 0.5) is 0 Å². The van der Waals surface area contributed by atoms with E-state index in [0.717, 1.165) is 44.7 Å². The SMILES string of the molecule is COCCOCOc1c(P(c2cc(OC)cc(C(C)(C)C)c2OCOCCOC)C(C)(C)C)cc(OC)cc1C(C)(C)C. The van der Waals surface area contributed by atoms with E-state index >= 15 is 0 Å². The van der Waals surface area contributed by atoms with Crippen molar-refractivity contribution in [1.82, 2.24) is 0 Å². The van der Waals surface area contributed by atoms with Gasteiger partial charge in [-0.15, -0.1) is 0 Å². The Kier molecular flexibility index (Phi) is 14.1. The van der Waals surface area contributed by atoms with Crippen LogP contribution in [-0.2, 0) is 29.8 Å². The van der Waals surface area contributed by atoms with Gasteiger partial charge in [0.15, 0.2) is 13.6 Å². The van der Waals surface area contributed by atoms with Crippen molar-refractivity contribution in [3.8, 4) is 23.0 Å². The minimum atomic E-state index is -1.13. The van der Waals surface area contributed by atoms with E-state index in [0.29, 0.717) is 26.4 Å². The van der Waals surface area contributed by atoms with Crippen molar-refractivity contribution in [2.45, 2.75) is 78.3 Å². The molecule has 244 valence electrons. The zero-order valence-corrected chi connectivity index (χ0v) is 29.7. The smallest absolute Gasteiger partial charge is 0.189 e. The summed E-state index contributed by atoms with van der Waals surface area (Å²) >= 11 is 0. The summed E-state index contributed by atoms with van der Waals surface area (Å²) in [6, 6.07) is 8.34. The lowest BCUT2D eigenvalue weighted by molar-refractivity contribution is -0.00874. The van der Waals surface area contributed by atoms with Crippen LogP contribution < -0.4 is 29.6 Å². The standard InChI is InChI=1S/C34H55O8P/c1-32(2,3)26-18-24(37-12)20-28(30(26)41-22-39-16-14-35-10)43(34(7,8)9)29-21-25(38-13)19-27(33(4,5)6)31(29)42-23-40-17-15-36-11/h18-21H,14-17,22-23H2,1-13H3. The number of benzene rings is 2.